The summed E-state index contributed by atoms with van der Waals surface area (Å²) in [6, 6.07) is 15.3. The highest BCUT2D eigenvalue weighted by Crippen LogP contribution is 2.43. The van der Waals surface area contributed by atoms with Gasteiger partial charge in [-0.2, -0.15) is 5.10 Å². The molecule has 0 fully saturated rings. The van der Waals surface area contributed by atoms with E-state index in [1.54, 1.807) is 24.0 Å². The Morgan fingerprint density at radius 2 is 1.77 bits per heavy atom. The Kier molecular flexibility index (Phi) is 5.56. The summed E-state index contributed by atoms with van der Waals surface area (Å²) in [7, 11) is 0. The lowest BCUT2D eigenvalue weighted by Crippen LogP contribution is -2.35. The van der Waals surface area contributed by atoms with E-state index >= 15 is 0 Å². The zero-order chi connectivity index (χ0) is 21.3. The number of hydrogen-bond acceptors (Lipinski definition) is 4. The average Bonchev–Trinajstić information content (AvgIpc) is 3.42. The summed E-state index contributed by atoms with van der Waals surface area (Å²) in [5.74, 6) is 0.214. The SMILES string of the molecule is Cc1ccc(-c2csc([C@H](C)[C@](C)(Cn3cncn3)c3cc(C)ccc3C)n2)cc1. The first-order chi connectivity index (χ1) is 14.4. The molecule has 4 nitrogen and oxygen atoms in total. The van der Waals surface area contributed by atoms with Gasteiger partial charge in [-0.3, -0.25) is 4.68 Å². The highest BCUT2D eigenvalue weighted by Gasteiger charge is 2.38. The maximum atomic E-state index is 5.06. The van der Waals surface area contributed by atoms with Crippen LogP contribution in [0.5, 0.6) is 0 Å². The quantitative estimate of drug-likeness (QED) is 0.382. The van der Waals surface area contributed by atoms with Crippen LogP contribution in [0.3, 0.4) is 0 Å². The van der Waals surface area contributed by atoms with Crippen LogP contribution in [0.4, 0.5) is 0 Å². The molecule has 4 rings (SSSR count). The van der Waals surface area contributed by atoms with E-state index in [0.29, 0.717) is 0 Å². The van der Waals surface area contributed by atoms with Gasteiger partial charge in [-0.15, -0.1) is 11.3 Å². The monoisotopic (exact) mass is 416 g/mol. The Morgan fingerprint density at radius 1 is 1.03 bits per heavy atom. The molecule has 2 atom stereocenters. The van der Waals surface area contributed by atoms with Gasteiger partial charge in [-0.05, 0) is 31.9 Å². The summed E-state index contributed by atoms with van der Waals surface area (Å²) >= 11 is 1.74. The predicted octanol–water partition coefficient (Wildman–Crippen LogP) is 6.09. The molecule has 154 valence electrons. The molecule has 0 aliphatic heterocycles. The summed E-state index contributed by atoms with van der Waals surface area (Å²) in [4.78, 5) is 9.22. The molecule has 2 aromatic heterocycles. The number of thiazole rings is 1. The van der Waals surface area contributed by atoms with Crippen LogP contribution in [0.25, 0.3) is 11.3 Å². The third-order valence-corrected chi connectivity index (χ3v) is 7.19. The Hall–Kier alpha value is -2.79. The lowest BCUT2D eigenvalue weighted by atomic mass is 9.70. The lowest BCUT2D eigenvalue weighted by molar-refractivity contribution is 0.320. The molecule has 0 spiro atoms. The van der Waals surface area contributed by atoms with Crippen molar-refractivity contribution in [3.8, 4) is 11.3 Å². The number of hydrogen-bond donors (Lipinski definition) is 0. The van der Waals surface area contributed by atoms with Gasteiger partial charge >= 0.3 is 0 Å². The van der Waals surface area contributed by atoms with E-state index in [1.165, 1.54) is 27.8 Å². The second-order valence-corrected chi connectivity index (χ2v) is 9.38. The lowest BCUT2D eigenvalue weighted by Gasteiger charge is -2.36. The van der Waals surface area contributed by atoms with Crippen LogP contribution >= 0.6 is 11.3 Å². The molecule has 0 amide bonds. The Morgan fingerprint density at radius 3 is 2.47 bits per heavy atom. The zero-order valence-electron chi connectivity index (χ0n) is 18.3. The molecule has 0 aliphatic carbocycles. The van der Waals surface area contributed by atoms with Gasteiger partial charge in [0.15, 0.2) is 0 Å². The van der Waals surface area contributed by atoms with Crippen LogP contribution in [0, 0.1) is 20.8 Å². The molecule has 5 heteroatoms. The van der Waals surface area contributed by atoms with Crippen molar-refractivity contribution in [1.82, 2.24) is 19.7 Å². The van der Waals surface area contributed by atoms with E-state index in [2.05, 4.69) is 92.5 Å². The van der Waals surface area contributed by atoms with Crippen molar-refractivity contribution < 1.29 is 0 Å². The van der Waals surface area contributed by atoms with Crippen molar-refractivity contribution in [3.63, 3.8) is 0 Å². The molecular formula is C25H28N4S. The van der Waals surface area contributed by atoms with Crippen LogP contribution in [0.15, 0.2) is 60.5 Å². The second-order valence-electron chi connectivity index (χ2n) is 8.49. The third-order valence-electron chi connectivity index (χ3n) is 6.16. The molecule has 30 heavy (non-hydrogen) atoms. The topological polar surface area (TPSA) is 43.6 Å². The van der Waals surface area contributed by atoms with Crippen LogP contribution in [0.1, 0.15) is 47.0 Å². The molecule has 2 heterocycles. The minimum absolute atomic E-state index is 0.174. The van der Waals surface area contributed by atoms with E-state index in [0.717, 1.165) is 17.2 Å². The fourth-order valence-corrected chi connectivity index (χ4v) is 5.11. The fourth-order valence-electron chi connectivity index (χ4n) is 4.07. The van der Waals surface area contributed by atoms with Crippen LogP contribution in [-0.2, 0) is 12.0 Å². The summed E-state index contributed by atoms with van der Waals surface area (Å²) in [5, 5.41) is 7.73. The summed E-state index contributed by atoms with van der Waals surface area (Å²) < 4.78 is 1.94. The molecule has 4 aromatic rings. The summed E-state index contributed by atoms with van der Waals surface area (Å²) in [5.41, 5.74) is 7.21. The van der Waals surface area contributed by atoms with Gasteiger partial charge in [0, 0.05) is 22.3 Å². The average molecular weight is 417 g/mol. The third kappa shape index (κ3) is 3.94. The standard InChI is InChI=1S/C25H28N4S/c1-17-7-10-21(11-8-17)23-13-30-24(28-23)20(4)25(5,14-29-16-26-15-27-29)22-12-18(2)6-9-19(22)3/h6-13,15-16,20H,14H2,1-5H3/t20-,25-/m0/s1. The fraction of sp³-hybridized carbons (Fsp3) is 0.320. The van der Waals surface area contributed by atoms with Gasteiger partial charge in [0.2, 0.25) is 0 Å². The van der Waals surface area contributed by atoms with Crippen LogP contribution < -0.4 is 0 Å². The Balaban J connectivity index is 1.75. The first-order valence-corrected chi connectivity index (χ1v) is 11.2. The minimum Gasteiger partial charge on any atom is -0.252 e. The van der Waals surface area contributed by atoms with Crippen molar-refractivity contribution in [3.05, 3.63) is 87.8 Å². The van der Waals surface area contributed by atoms with E-state index in [-0.39, 0.29) is 11.3 Å². The zero-order valence-corrected chi connectivity index (χ0v) is 19.1. The minimum atomic E-state index is -0.174. The molecule has 0 saturated heterocycles. The molecule has 2 aromatic carbocycles. The number of nitrogens with zero attached hydrogens (tertiary/aromatic N) is 4. The Labute approximate surface area is 182 Å². The van der Waals surface area contributed by atoms with E-state index in [1.807, 2.05) is 4.68 Å². The summed E-state index contributed by atoms with van der Waals surface area (Å²) in [6.07, 6.45) is 3.41. The van der Waals surface area contributed by atoms with Gasteiger partial charge in [0.05, 0.1) is 17.2 Å². The highest BCUT2D eigenvalue weighted by molar-refractivity contribution is 7.10. The van der Waals surface area contributed by atoms with Crippen molar-refractivity contribution in [2.45, 2.75) is 52.5 Å². The normalized spacial score (nSPS) is 14.4. The second kappa shape index (κ2) is 8.15. The van der Waals surface area contributed by atoms with Gasteiger partial charge in [0.25, 0.3) is 0 Å². The largest absolute Gasteiger partial charge is 0.252 e. The summed E-state index contributed by atoms with van der Waals surface area (Å²) in [6.45, 7) is 11.8. The molecule has 0 unspecified atom stereocenters. The molecule has 0 aliphatic rings. The number of aryl methyl sites for hydroxylation is 3. The molecule has 0 saturated carbocycles. The highest BCUT2D eigenvalue weighted by atomic mass is 32.1. The number of aromatic nitrogens is 4. The molecular weight excluding hydrogens is 388 g/mol. The van der Waals surface area contributed by atoms with Crippen molar-refractivity contribution in [2.75, 3.05) is 0 Å². The predicted molar refractivity (Wildman–Crippen MR) is 124 cm³/mol. The van der Waals surface area contributed by atoms with Gasteiger partial charge in [-0.1, -0.05) is 67.4 Å². The first kappa shape index (κ1) is 20.5. The van der Waals surface area contributed by atoms with Gasteiger partial charge < -0.3 is 0 Å². The number of rotatable bonds is 6. The van der Waals surface area contributed by atoms with E-state index in [9.17, 15) is 0 Å². The molecule has 0 radical (unpaired) electrons. The molecule has 0 N–H and O–H groups in total. The van der Waals surface area contributed by atoms with Gasteiger partial charge in [0.1, 0.15) is 12.7 Å². The Bertz CT molecular complexity index is 1130. The first-order valence-electron chi connectivity index (χ1n) is 10.3. The van der Waals surface area contributed by atoms with Crippen molar-refractivity contribution in [1.29, 1.82) is 0 Å². The maximum absolute atomic E-state index is 5.06. The smallest absolute Gasteiger partial charge is 0.137 e. The van der Waals surface area contributed by atoms with Crippen LogP contribution in [0.2, 0.25) is 0 Å². The maximum Gasteiger partial charge on any atom is 0.137 e. The van der Waals surface area contributed by atoms with Gasteiger partial charge in [-0.25, -0.2) is 9.97 Å². The van der Waals surface area contributed by atoms with Crippen molar-refractivity contribution in [2.24, 2.45) is 0 Å². The molecule has 0 bridgehead atoms. The van der Waals surface area contributed by atoms with Crippen LogP contribution in [-0.4, -0.2) is 19.7 Å². The van der Waals surface area contributed by atoms with E-state index < -0.39 is 0 Å². The van der Waals surface area contributed by atoms with Crippen molar-refractivity contribution >= 4 is 11.3 Å². The number of benzene rings is 2. The van der Waals surface area contributed by atoms with E-state index in [4.69, 9.17) is 4.98 Å².